The van der Waals surface area contributed by atoms with Gasteiger partial charge >= 0.3 is 0 Å². The Bertz CT molecular complexity index is 593. The Kier molecular flexibility index (Phi) is 3.93. The Morgan fingerprint density at radius 3 is 2.53 bits per heavy atom. The SMILES string of the molecule is Cc1ccccc1C(C)(O)Cc1ccc(Cl)cc1F. The molecule has 0 heterocycles. The first-order chi connectivity index (χ1) is 8.90. The summed E-state index contributed by atoms with van der Waals surface area (Å²) in [7, 11) is 0. The molecule has 0 aliphatic rings. The van der Waals surface area contributed by atoms with Crippen molar-refractivity contribution in [1.82, 2.24) is 0 Å². The second-order valence-corrected chi connectivity index (χ2v) is 5.44. The highest BCUT2D eigenvalue weighted by molar-refractivity contribution is 6.30. The minimum absolute atomic E-state index is 0.209. The molecule has 1 unspecified atom stereocenters. The molecule has 2 rings (SSSR count). The fourth-order valence-electron chi connectivity index (χ4n) is 2.31. The molecule has 0 bridgehead atoms. The van der Waals surface area contributed by atoms with Gasteiger partial charge in [-0.15, -0.1) is 0 Å². The number of hydrogen-bond acceptors (Lipinski definition) is 1. The third-order valence-electron chi connectivity index (χ3n) is 3.28. The summed E-state index contributed by atoms with van der Waals surface area (Å²) in [6, 6.07) is 12.1. The van der Waals surface area contributed by atoms with Crippen LogP contribution in [0.1, 0.15) is 23.6 Å². The van der Waals surface area contributed by atoms with Crippen LogP contribution in [0.2, 0.25) is 5.02 Å². The molecule has 0 radical (unpaired) electrons. The maximum Gasteiger partial charge on any atom is 0.127 e. The molecule has 19 heavy (non-hydrogen) atoms. The first kappa shape index (κ1) is 14.0. The number of hydrogen-bond donors (Lipinski definition) is 1. The minimum Gasteiger partial charge on any atom is -0.385 e. The Hall–Kier alpha value is -1.38. The molecular formula is C16H16ClFO. The molecule has 0 aromatic heterocycles. The monoisotopic (exact) mass is 278 g/mol. The fourth-order valence-corrected chi connectivity index (χ4v) is 2.47. The van der Waals surface area contributed by atoms with E-state index in [0.29, 0.717) is 10.6 Å². The highest BCUT2D eigenvalue weighted by atomic mass is 35.5. The maximum absolute atomic E-state index is 13.8. The number of aryl methyl sites for hydroxylation is 1. The number of rotatable bonds is 3. The Morgan fingerprint density at radius 1 is 1.21 bits per heavy atom. The van der Waals surface area contributed by atoms with Gasteiger partial charge in [-0.3, -0.25) is 0 Å². The van der Waals surface area contributed by atoms with Gasteiger partial charge in [0.15, 0.2) is 0 Å². The predicted octanol–water partition coefficient (Wildman–Crippen LogP) is 4.24. The number of halogens is 2. The summed E-state index contributed by atoms with van der Waals surface area (Å²) in [4.78, 5) is 0. The molecule has 0 spiro atoms. The van der Waals surface area contributed by atoms with E-state index in [1.165, 1.54) is 6.07 Å². The van der Waals surface area contributed by atoms with Crippen molar-refractivity contribution in [2.75, 3.05) is 0 Å². The summed E-state index contributed by atoms with van der Waals surface area (Å²) in [5.41, 5.74) is 1.14. The third kappa shape index (κ3) is 3.14. The van der Waals surface area contributed by atoms with Gasteiger partial charge in [0.2, 0.25) is 0 Å². The van der Waals surface area contributed by atoms with E-state index in [1.807, 2.05) is 31.2 Å². The third-order valence-corrected chi connectivity index (χ3v) is 3.51. The molecular weight excluding hydrogens is 263 g/mol. The van der Waals surface area contributed by atoms with Crippen LogP contribution in [0.3, 0.4) is 0 Å². The van der Waals surface area contributed by atoms with Gasteiger partial charge in [0, 0.05) is 11.4 Å². The average Bonchev–Trinajstić information content (AvgIpc) is 2.33. The lowest BCUT2D eigenvalue weighted by Crippen LogP contribution is -2.25. The van der Waals surface area contributed by atoms with Gasteiger partial charge in [-0.1, -0.05) is 41.9 Å². The van der Waals surface area contributed by atoms with Crippen molar-refractivity contribution in [3.8, 4) is 0 Å². The smallest absolute Gasteiger partial charge is 0.127 e. The highest BCUT2D eigenvalue weighted by Gasteiger charge is 2.26. The van der Waals surface area contributed by atoms with Crippen molar-refractivity contribution >= 4 is 11.6 Å². The van der Waals surface area contributed by atoms with Crippen LogP contribution in [-0.4, -0.2) is 5.11 Å². The van der Waals surface area contributed by atoms with Crippen LogP contribution in [0.5, 0.6) is 0 Å². The lowest BCUT2D eigenvalue weighted by Gasteiger charge is -2.26. The van der Waals surface area contributed by atoms with Gasteiger partial charge in [0.05, 0.1) is 5.60 Å². The molecule has 1 nitrogen and oxygen atoms in total. The van der Waals surface area contributed by atoms with Crippen LogP contribution in [-0.2, 0) is 12.0 Å². The van der Waals surface area contributed by atoms with E-state index in [9.17, 15) is 9.50 Å². The molecule has 1 N–H and O–H groups in total. The first-order valence-corrected chi connectivity index (χ1v) is 6.50. The molecule has 100 valence electrons. The molecule has 0 aliphatic heterocycles. The normalized spacial score (nSPS) is 14.2. The molecule has 0 saturated heterocycles. The zero-order chi connectivity index (χ0) is 14.0. The zero-order valence-electron chi connectivity index (χ0n) is 11.0. The molecule has 1 atom stereocenters. The van der Waals surface area contributed by atoms with Gasteiger partial charge in [0.1, 0.15) is 5.82 Å². The fraction of sp³-hybridized carbons (Fsp3) is 0.250. The molecule has 0 aliphatic carbocycles. The van der Waals surface area contributed by atoms with Crippen molar-refractivity contribution in [2.24, 2.45) is 0 Å². The summed E-state index contributed by atoms with van der Waals surface area (Å²) in [6.07, 6.45) is 0.209. The van der Waals surface area contributed by atoms with Crippen molar-refractivity contribution in [3.63, 3.8) is 0 Å². The van der Waals surface area contributed by atoms with E-state index < -0.39 is 5.60 Å². The van der Waals surface area contributed by atoms with Crippen molar-refractivity contribution < 1.29 is 9.50 Å². The van der Waals surface area contributed by atoms with Crippen LogP contribution in [0.25, 0.3) is 0 Å². The Labute approximate surface area is 117 Å². The quantitative estimate of drug-likeness (QED) is 0.890. The van der Waals surface area contributed by atoms with Crippen LogP contribution in [0, 0.1) is 12.7 Å². The topological polar surface area (TPSA) is 20.2 Å². The van der Waals surface area contributed by atoms with E-state index in [-0.39, 0.29) is 12.2 Å². The zero-order valence-corrected chi connectivity index (χ0v) is 11.7. The molecule has 2 aromatic rings. The van der Waals surface area contributed by atoms with Crippen molar-refractivity contribution in [2.45, 2.75) is 25.9 Å². The molecule has 2 aromatic carbocycles. The largest absolute Gasteiger partial charge is 0.385 e. The Balaban J connectivity index is 2.33. The minimum atomic E-state index is -1.11. The van der Waals surface area contributed by atoms with Gasteiger partial charge < -0.3 is 5.11 Å². The van der Waals surface area contributed by atoms with Crippen LogP contribution in [0.15, 0.2) is 42.5 Å². The van der Waals surface area contributed by atoms with Crippen molar-refractivity contribution in [3.05, 3.63) is 70.0 Å². The average molecular weight is 279 g/mol. The van der Waals surface area contributed by atoms with E-state index >= 15 is 0 Å². The molecule has 3 heteroatoms. The lowest BCUT2D eigenvalue weighted by atomic mass is 9.86. The van der Waals surface area contributed by atoms with E-state index in [1.54, 1.807) is 19.1 Å². The highest BCUT2D eigenvalue weighted by Crippen LogP contribution is 2.29. The summed E-state index contributed by atoms with van der Waals surface area (Å²) in [5, 5.41) is 11.0. The summed E-state index contributed by atoms with van der Waals surface area (Å²) in [5.74, 6) is -0.388. The second kappa shape index (κ2) is 5.32. The van der Waals surface area contributed by atoms with Gasteiger partial charge in [-0.25, -0.2) is 4.39 Å². The second-order valence-electron chi connectivity index (χ2n) is 5.00. The number of benzene rings is 2. The van der Waals surface area contributed by atoms with E-state index in [4.69, 9.17) is 11.6 Å². The maximum atomic E-state index is 13.8. The molecule has 0 amide bonds. The van der Waals surface area contributed by atoms with Crippen LogP contribution >= 0.6 is 11.6 Å². The van der Waals surface area contributed by atoms with Gasteiger partial charge in [0.25, 0.3) is 0 Å². The van der Waals surface area contributed by atoms with Crippen LogP contribution < -0.4 is 0 Å². The Morgan fingerprint density at radius 2 is 1.89 bits per heavy atom. The molecule has 0 saturated carbocycles. The molecule has 0 fully saturated rings. The van der Waals surface area contributed by atoms with E-state index in [0.717, 1.165) is 11.1 Å². The summed E-state index contributed by atoms with van der Waals surface area (Å²) < 4.78 is 13.8. The predicted molar refractivity (Wildman–Crippen MR) is 75.9 cm³/mol. The summed E-state index contributed by atoms with van der Waals surface area (Å²) >= 11 is 5.73. The lowest BCUT2D eigenvalue weighted by molar-refractivity contribution is 0.0560. The van der Waals surface area contributed by atoms with E-state index in [2.05, 4.69) is 0 Å². The number of aliphatic hydroxyl groups is 1. The van der Waals surface area contributed by atoms with Gasteiger partial charge in [-0.2, -0.15) is 0 Å². The summed E-state index contributed by atoms with van der Waals surface area (Å²) in [6.45, 7) is 3.63. The first-order valence-electron chi connectivity index (χ1n) is 6.12. The van der Waals surface area contributed by atoms with Crippen molar-refractivity contribution in [1.29, 1.82) is 0 Å². The van der Waals surface area contributed by atoms with Crippen LogP contribution in [0.4, 0.5) is 4.39 Å². The van der Waals surface area contributed by atoms with Gasteiger partial charge in [-0.05, 0) is 42.7 Å². The standard InChI is InChI=1S/C16H16ClFO/c1-11-5-3-4-6-14(11)16(2,19)10-12-7-8-13(17)9-15(12)18/h3-9,19H,10H2,1-2H3.